The van der Waals surface area contributed by atoms with E-state index in [1.54, 1.807) is 18.2 Å². The summed E-state index contributed by atoms with van der Waals surface area (Å²) in [6.07, 6.45) is 6.69. The van der Waals surface area contributed by atoms with Crippen molar-refractivity contribution in [1.82, 2.24) is 0 Å². The first kappa shape index (κ1) is 16.4. The minimum absolute atomic E-state index is 0.0266. The highest BCUT2D eigenvalue weighted by Gasteiger charge is 2.58. The number of nitrogens with zero attached hydrogens (tertiary/aromatic N) is 2. The molecule has 122 valence electrons. The molecular weight excluding hydrogens is 300 g/mol. The molecule has 1 unspecified atom stereocenters. The lowest BCUT2D eigenvalue weighted by molar-refractivity contribution is -0.130. The second-order valence-corrected chi connectivity index (χ2v) is 8.10. The quantitative estimate of drug-likeness (QED) is 0.684. The van der Waals surface area contributed by atoms with Crippen molar-refractivity contribution in [3.05, 3.63) is 34.9 Å². The van der Waals surface area contributed by atoms with Crippen molar-refractivity contribution in [3.8, 4) is 12.1 Å². The number of rotatable bonds is 0. The number of nitriles is 2. The van der Waals surface area contributed by atoms with E-state index in [1.165, 1.54) is 0 Å². The summed E-state index contributed by atoms with van der Waals surface area (Å²) in [6.45, 7) is 7.85. The fraction of sp³-hybridized carbons (Fsp3) is 0.500. The average molecular weight is 320 g/mol. The molecule has 0 aromatic carbocycles. The predicted molar refractivity (Wildman–Crippen MR) is 88.2 cm³/mol. The SMILES string of the molecule is CC1(C)C(=O)C(C#N)=C[C@]2(C)C3=CC(=O)C(C#N)=C[C@]3(C)CCC12. The molecule has 0 aliphatic heterocycles. The van der Waals surface area contributed by atoms with Crippen LogP contribution in [0.3, 0.4) is 0 Å². The number of fused-ring (bicyclic) bond motifs is 3. The van der Waals surface area contributed by atoms with Gasteiger partial charge in [-0.2, -0.15) is 10.5 Å². The van der Waals surface area contributed by atoms with Gasteiger partial charge in [0, 0.05) is 16.2 Å². The molecule has 0 spiro atoms. The molecule has 3 atom stereocenters. The van der Waals surface area contributed by atoms with Gasteiger partial charge in [0.25, 0.3) is 0 Å². The lowest BCUT2D eigenvalue weighted by atomic mass is 9.45. The van der Waals surface area contributed by atoms with Crippen molar-refractivity contribution in [2.24, 2.45) is 22.2 Å². The molecule has 3 aliphatic rings. The highest BCUT2D eigenvalue weighted by molar-refractivity contribution is 6.09. The Morgan fingerprint density at radius 1 is 1.04 bits per heavy atom. The van der Waals surface area contributed by atoms with Crippen molar-refractivity contribution in [2.75, 3.05) is 0 Å². The first-order chi connectivity index (χ1) is 11.1. The topological polar surface area (TPSA) is 81.7 Å². The van der Waals surface area contributed by atoms with Crippen LogP contribution >= 0.6 is 0 Å². The minimum Gasteiger partial charge on any atom is -0.293 e. The number of carbonyl (C=O) groups is 2. The molecule has 3 rings (SSSR count). The van der Waals surface area contributed by atoms with Crippen LogP contribution in [0.1, 0.15) is 40.5 Å². The van der Waals surface area contributed by atoms with Crippen molar-refractivity contribution in [1.29, 1.82) is 10.5 Å². The molecular formula is C20H20N2O2. The first-order valence-electron chi connectivity index (χ1n) is 8.18. The number of hydrogen-bond acceptors (Lipinski definition) is 4. The maximum absolute atomic E-state index is 12.6. The Bertz CT molecular complexity index is 844. The summed E-state index contributed by atoms with van der Waals surface area (Å²) in [5.74, 6) is -0.376. The number of ketones is 2. The Labute approximate surface area is 142 Å². The summed E-state index contributed by atoms with van der Waals surface area (Å²) >= 11 is 0. The van der Waals surface area contributed by atoms with E-state index in [-0.39, 0.29) is 28.6 Å². The molecule has 0 heterocycles. The van der Waals surface area contributed by atoms with Crippen LogP contribution in [0.15, 0.2) is 34.9 Å². The minimum atomic E-state index is -0.654. The molecule has 4 nitrogen and oxygen atoms in total. The van der Waals surface area contributed by atoms with Gasteiger partial charge in [0.2, 0.25) is 0 Å². The zero-order valence-corrected chi connectivity index (χ0v) is 14.4. The monoisotopic (exact) mass is 320 g/mol. The highest BCUT2D eigenvalue weighted by Crippen LogP contribution is 2.63. The summed E-state index contributed by atoms with van der Waals surface area (Å²) in [6, 6.07) is 4.02. The third-order valence-corrected chi connectivity index (χ3v) is 6.26. The second kappa shape index (κ2) is 4.77. The van der Waals surface area contributed by atoms with E-state index in [4.69, 9.17) is 0 Å². The van der Waals surface area contributed by atoms with Gasteiger partial charge in [-0.05, 0) is 30.4 Å². The molecule has 4 heteroatoms. The van der Waals surface area contributed by atoms with E-state index >= 15 is 0 Å². The van der Waals surface area contributed by atoms with Crippen LogP contribution in [-0.4, -0.2) is 11.6 Å². The molecule has 0 saturated heterocycles. The summed E-state index contributed by atoms with van der Waals surface area (Å²) < 4.78 is 0. The fourth-order valence-corrected chi connectivity index (χ4v) is 5.08. The van der Waals surface area contributed by atoms with Gasteiger partial charge < -0.3 is 0 Å². The van der Waals surface area contributed by atoms with E-state index in [0.717, 1.165) is 18.4 Å². The molecule has 1 fully saturated rings. The molecule has 0 radical (unpaired) electrons. The Balaban J connectivity index is 2.26. The molecule has 3 aliphatic carbocycles. The molecule has 0 bridgehead atoms. The van der Waals surface area contributed by atoms with Gasteiger partial charge in [-0.25, -0.2) is 0 Å². The maximum atomic E-state index is 12.6. The lowest BCUT2D eigenvalue weighted by Crippen LogP contribution is -2.53. The Hall–Kier alpha value is -2.46. The van der Waals surface area contributed by atoms with Gasteiger partial charge in [0.05, 0.1) is 11.1 Å². The fourth-order valence-electron chi connectivity index (χ4n) is 5.08. The Morgan fingerprint density at radius 3 is 2.25 bits per heavy atom. The molecule has 24 heavy (non-hydrogen) atoms. The van der Waals surface area contributed by atoms with Gasteiger partial charge in [0.1, 0.15) is 12.1 Å². The Morgan fingerprint density at radius 2 is 1.67 bits per heavy atom. The summed E-state index contributed by atoms with van der Waals surface area (Å²) in [5, 5.41) is 18.6. The standard InChI is InChI=1S/C20H20N2O2/c1-18(2)15-5-6-19(3)8-12(10-21)14(23)7-16(19)20(15,4)9-13(11-22)17(18)24/h7-9,15H,5-6H2,1-4H3/t15?,19-,20-/m0/s1. The van der Waals surface area contributed by atoms with Gasteiger partial charge >= 0.3 is 0 Å². The maximum Gasteiger partial charge on any atom is 0.196 e. The molecule has 0 N–H and O–H groups in total. The van der Waals surface area contributed by atoms with Gasteiger partial charge in [0.15, 0.2) is 11.6 Å². The first-order valence-corrected chi connectivity index (χ1v) is 8.18. The molecule has 0 amide bonds. The summed E-state index contributed by atoms with van der Waals surface area (Å²) in [4.78, 5) is 24.9. The third kappa shape index (κ3) is 1.89. The van der Waals surface area contributed by atoms with E-state index in [0.29, 0.717) is 0 Å². The van der Waals surface area contributed by atoms with Gasteiger partial charge in [-0.3, -0.25) is 9.59 Å². The number of carbonyl (C=O) groups excluding carboxylic acids is 2. The van der Waals surface area contributed by atoms with Crippen LogP contribution in [0.2, 0.25) is 0 Å². The summed E-state index contributed by atoms with van der Waals surface area (Å²) in [7, 11) is 0. The zero-order valence-electron chi connectivity index (χ0n) is 14.4. The number of hydrogen-bond donors (Lipinski definition) is 0. The molecule has 1 saturated carbocycles. The normalized spacial score (nSPS) is 37.1. The van der Waals surface area contributed by atoms with E-state index in [9.17, 15) is 20.1 Å². The lowest BCUT2D eigenvalue weighted by Gasteiger charge is -2.57. The van der Waals surface area contributed by atoms with Crippen LogP contribution in [0.4, 0.5) is 0 Å². The number of Topliss-reactive ketones (excluding diaryl/α,β-unsaturated/α-hetero) is 1. The largest absolute Gasteiger partial charge is 0.293 e. The van der Waals surface area contributed by atoms with Gasteiger partial charge in [-0.15, -0.1) is 0 Å². The van der Waals surface area contributed by atoms with Crippen molar-refractivity contribution in [3.63, 3.8) is 0 Å². The average Bonchev–Trinajstić information content (AvgIpc) is 2.52. The third-order valence-electron chi connectivity index (χ3n) is 6.26. The smallest absolute Gasteiger partial charge is 0.196 e. The molecule has 0 aromatic heterocycles. The van der Waals surface area contributed by atoms with Crippen LogP contribution < -0.4 is 0 Å². The van der Waals surface area contributed by atoms with Gasteiger partial charge in [-0.1, -0.05) is 39.8 Å². The second-order valence-electron chi connectivity index (χ2n) is 8.10. The summed E-state index contributed by atoms with van der Waals surface area (Å²) in [5.41, 5.74) is -0.312. The van der Waals surface area contributed by atoms with E-state index in [1.807, 2.05) is 39.8 Å². The molecule has 0 aromatic rings. The van der Waals surface area contributed by atoms with Crippen LogP contribution in [0, 0.1) is 44.8 Å². The van der Waals surface area contributed by atoms with Crippen LogP contribution in [-0.2, 0) is 9.59 Å². The highest BCUT2D eigenvalue weighted by atomic mass is 16.1. The Kier molecular flexibility index (Phi) is 3.26. The van der Waals surface area contributed by atoms with E-state index in [2.05, 4.69) is 0 Å². The number of allylic oxidation sites excluding steroid dienone is 6. The van der Waals surface area contributed by atoms with Crippen molar-refractivity contribution >= 4 is 11.6 Å². The van der Waals surface area contributed by atoms with Crippen molar-refractivity contribution < 1.29 is 9.59 Å². The van der Waals surface area contributed by atoms with Crippen molar-refractivity contribution in [2.45, 2.75) is 40.5 Å². The predicted octanol–water partition coefficient (Wildman–Crippen LogP) is 3.43. The zero-order chi connectivity index (χ0) is 17.9. The van der Waals surface area contributed by atoms with Crippen LogP contribution in [0.5, 0.6) is 0 Å². The van der Waals surface area contributed by atoms with E-state index < -0.39 is 16.2 Å². The van der Waals surface area contributed by atoms with Crippen LogP contribution in [0.25, 0.3) is 0 Å².